The van der Waals surface area contributed by atoms with Crippen molar-refractivity contribution in [2.45, 2.75) is 33.7 Å². The maximum atomic E-state index is 13.3. The second-order valence-corrected chi connectivity index (χ2v) is 5.38. The van der Waals surface area contributed by atoms with Crippen LogP contribution in [0.2, 0.25) is 0 Å². The van der Waals surface area contributed by atoms with Crippen molar-refractivity contribution in [1.29, 1.82) is 0 Å². The predicted octanol–water partition coefficient (Wildman–Crippen LogP) is 3.77. The molecule has 1 rings (SSSR count). The highest BCUT2D eigenvalue weighted by atomic mass is 19.1. The van der Waals surface area contributed by atoms with Gasteiger partial charge in [0.1, 0.15) is 0 Å². The van der Waals surface area contributed by atoms with E-state index in [9.17, 15) is 14.5 Å². The molecule has 0 bridgehead atoms. The molecule has 0 spiro atoms. The van der Waals surface area contributed by atoms with Gasteiger partial charge < -0.3 is 5.32 Å². The first kappa shape index (κ1) is 16.3. The zero-order chi connectivity index (χ0) is 15.3. The number of nitrogens with zero attached hydrogens (tertiary/aromatic N) is 1. The third kappa shape index (κ3) is 4.74. The molecule has 0 amide bonds. The largest absolute Gasteiger partial charge is 0.311 e. The topological polar surface area (TPSA) is 55.2 Å². The first-order chi connectivity index (χ1) is 9.31. The zero-order valence-corrected chi connectivity index (χ0v) is 12.3. The van der Waals surface area contributed by atoms with Gasteiger partial charge in [-0.2, -0.15) is 4.39 Å². The summed E-state index contributed by atoms with van der Waals surface area (Å²) in [6.45, 7) is 8.94. The molecular weight excluding hydrogens is 259 g/mol. The van der Waals surface area contributed by atoms with Gasteiger partial charge in [-0.15, -0.1) is 0 Å². The molecule has 110 valence electrons. The maximum absolute atomic E-state index is 13.3. The Kier molecular flexibility index (Phi) is 5.82. The van der Waals surface area contributed by atoms with E-state index in [1.807, 2.05) is 6.08 Å². The molecule has 0 aliphatic carbocycles. The second-order valence-electron chi connectivity index (χ2n) is 5.38. The van der Waals surface area contributed by atoms with E-state index in [2.05, 4.69) is 33.0 Å². The van der Waals surface area contributed by atoms with Crippen LogP contribution in [-0.2, 0) is 0 Å². The third-order valence-corrected chi connectivity index (χ3v) is 2.97. The minimum Gasteiger partial charge on any atom is -0.311 e. The SMILES string of the molecule is CC(C)NC/C(=C/c1ccc(F)c([N+](=O)[O-])c1)C(C)C. The predicted molar refractivity (Wildman–Crippen MR) is 79.0 cm³/mol. The van der Waals surface area contributed by atoms with E-state index in [1.165, 1.54) is 6.07 Å². The van der Waals surface area contributed by atoms with Crippen LogP contribution in [0.25, 0.3) is 6.08 Å². The lowest BCUT2D eigenvalue weighted by Gasteiger charge is -2.15. The van der Waals surface area contributed by atoms with Gasteiger partial charge in [0.2, 0.25) is 5.82 Å². The lowest BCUT2D eigenvalue weighted by molar-refractivity contribution is -0.387. The molecule has 0 atom stereocenters. The zero-order valence-electron chi connectivity index (χ0n) is 12.3. The fourth-order valence-electron chi connectivity index (χ4n) is 1.72. The number of rotatable bonds is 6. The van der Waals surface area contributed by atoms with E-state index >= 15 is 0 Å². The van der Waals surface area contributed by atoms with Gasteiger partial charge in [0, 0.05) is 18.7 Å². The highest BCUT2D eigenvalue weighted by Crippen LogP contribution is 2.21. The summed E-state index contributed by atoms with van der Waals surface area (Å²) in [5.74, 6) is -0.496. The number of nitro benzene ring substituents is 1. The number of hydrogen-bond acceptors (Lipinski definition) is 3. The summed E-state index contributed by atoms with van der Waals surface area (Å²) in [5, 5.41) is 14.1. The van der Waals surface area contributed by atoms with Crippen LogP contribution < -0.4 is 5.32 Å². The van der Waals surface area contributed by atoms with Crippen molar-refractivity contribution in [1.82, 2.24) is 5.32 Å². The summed E-state index contributed by atoms with van der Waals surface area (Å²) in [6.07, 6.45) is 1.88. The van der Waals surface area contributed by atoms with Crippen molar-refractivity contribution in [2.75, 3.05) is 6.54 Å². The molecule has 1 N–H and O–H groups in total. The summed E-state index contributed by atoms with van der Waals surface area (Å²) in [6, 6.07) is 4.32. The van der Waals surface area contributed by atoms with Crippen LogP contribution in [0, 0.1) is 21.8 Å². The van der Waals surface area contributed by atoms with Gasteiger partial charge in [-0.3, -0.25) is 10.1 Å². The van der Waals surface area contributed by atoms with Crippen molar-refractivity contribution in [3.63, 3.8) is 0 Å². The number of nitro groups is 1. The van der Waals surface area contributed by atoms with E-state index in [0.717, 1.165) is 11.6 Å². The number of halogens is 1. The van der Waals surface area contributed by atoms with E-state index in [1.54, 1.807) is 6.07 Å². The first-order valence-corrected chi connectivity index (χ1v) is 6.69. The molecule has 0 unspecified atom stereocenters. The van der Waals surface area contributed by atoms with Crippen LogP contribution >= 0.6 is 0 Å². The molecule has 0 radical (unpaired) electrons. The maximum Gasteiger partial charge on any atom is 0.305 e. The minimum atomic E-state index is -0.807. The van der Waals surface area contributed by atoms with Gasteiger partial charge in [0.25, 0.3) is 0 Å². The van der Waals surface area contributed by atoms with Crippen molar-refractivity contribution in [3.05, 3.63) is 45.3 Å². The van der Waals surface area contributed by atoms with Crippen molar-refractivity contribution in [2.24, 2.45) is 5.92 Å². The fraction of sp³-hybridized carbons (Fsp3) is 0.467. The highest BCUT2D eigenvalue weighted by molar-refractivity contribution is 5.57. The van der Waals surface area contributed by atoms with Gasteiger partial charge in [0.15, 0.2) is 0 Å². The van der Waals surface area contributed by atoms with Gasteiger partial charge >= 0.3 is 5.69 Å². The highest BCUT2D eigenvalue weighted by Gasteiger charge is 2.14. The number of hydrogen-bond donors (Lipinski definition) is 1. The van der Waals surface area contributed by atoms with Crippen LogP contribution in [0.15, 0.2) is 23.8 Å². The second kappa shape index (κ2) is 7.14. The van der Waals surface area contributed by atoms with Gasteiger partial charge in [-0.1, -0.05) is 45.4 Å². The molecule has 0 fully saturated rings. The molecule has 0 heterocycles. The summed E-state index contributed by atoms with van der Waals surface area (Å²) in [5.41, 5.74) is 1.28. The van der Waals surface area contributed by atoms with Gasteiger partial charge in [-0.05, 0) is 17.5 Å². The lowest BCUT2D eigenvalue weighted by Crippen LogP contribution is -2.26. The van der Waals surface area contributed by atoms with Crippen LogP contribution in [0.3, 0.4) is 0 Å². The molecule has 5 heteroatoms. The quantitative estimate of drug-likeness (QED) is 0.637. The number of nitrogens with one attached hydrogen (secondary N) is 1. The van der Waals surface area contributed by atoms with Crippen LogP contribution in [-0.4, -0.2) is 17.5 Å². The Bertz CT molecular complexity index is 511. The summed E-state index contributed by atoms with van der Waals surface area (Å²) < 4.78 is 13.3. The summed E-state index contributed by atoms with van der Waals surface area (Å²) in [4.78, 5) is 10.0. The molecule has 20 heavy (non-hydrogen) atoms. The average Bonchev–Trinajstić information content (AvgIpc) is 2.35. The Morgan fingerprint density at radius 3 is 2.55 bits per heavy atom. The average molecular weight is 280 g/mol. The molecule has 0 saturated carbocycles. The summed E-state index contributed by atoms with van der Waals surface area (Å²) >= 11 is 0. The monoisotopic (exact) mass is 280 g/mol. The Balaban J connectivity index is 3.04. The van der Waals surface area contributed by atoms with Gasteiger partial charge in [0.05, 0.1) is 4.92 Å². The Morgan fingerprint density at radius 1 is 1.40 bits per heavy atom. The molecule has 1 aromatic rings. The first-order valence-electron chi connectivity index (χ1n) is 6.69. The van der Waals surface area contributed by atoms with E-state index in [4.69, 9.17) is 0 Å². The van der Waals surface area contributed by atoms with Crippen LogP contribution in [0.5, 0.6) is 0 Å². The summed E-state index contributed by atoms with van der Waals surface area (Å²) in [7, 11) is 0. The molecule has 4 nitrogen and oxygen atoms in total. The van der Waals surface area contributed by atoms with Crippen LogP contribution in [0.1, 0.15) is 33.3 Å². The molecule has 1 aromatic carbocycles. The van der Waals surface area contributed by atoms with Crippen molar-refractivity contribution in [3.8, 4) is 0 Å². The molecule has 0 aliphatic heterocycles. The Hall–Kier alpha value is -1.75. The molecule has 0 aromatic heterocycles. The van der Waals surface area contributed by atoms with E-state index < -0.39 is 16.4 Å². The smallest absolute Gasteiger partial charge is 0.305 e. The normalized spacial score (nSPS) is 12.2. The lowest BCUT2D eigenvalue weighted by atomic mass is 9.99. The molecule has 0 aliphatic rings. The van der Waals surface area contributed by atoms with Crippen LogP contribution in [0.4, 0.5) is 10.1 Å². The van der Waals surface area contributed by atoms with Gasteiger partial charge in [-0.25, -0.2) is 0 Å². The third-order valence-electron chi connectivity index (χ3n) is 2.97. The standard InChI is InChI=1S/C15H21FN2O2/c1-10(2)13(9-17-11(3)4)7-12-5-6-14(16)15(8-12)18(19)20/h5-8,10-11,17H,9H2,1-4H3/b13-7-. The Labute approximate surface area is 118 Å². The fourth-order valence-corrected chi connectivity index (χ4v) is 1.72. The molecular formula is C15H21FN2O2. The van der Waals surface area contributed by atoms with E-state index in [-0.39, 0.29) is 0 Å². The van der Waals surface area contributed by atoms with Crippen molar-refractivity contribution >= 4 is 11.8 Å². The van der Waals surface area contributed by atoms with E-state index in [0.29, 0.717) is 24.1 Å². The Morgan fingerprint density at radius 2 is 2.05 bits per heavy atom. The minimum absolute atomic E-state index is 0.311. The van der Waals surface area contributed by atoms with Crippen molar-refractivity contribution < 1.29 is 9.31 Å². The number of benzene rings is 1. The molecule has 0 saturated heterocycles.